The quantitative estimate of drug-likeness (QED) is 0.531. The molecule has 0 aromatic heterocycles. The van der Waals surface area contributed by atoms with E-state index in [2.05, 4.69) is 6.92 Å². The van der Waals surface area contributed by atoms with Gasteiger partial charge in [-0.05, 0) is 27.2 Å². The van der Waals surface area contributed by atoms with E-state index in [0.29, 0.717) is 6.61 Å². The molecule has 1 rings (SSSR count). The monoisotopic (exact) mass is 216 g/mol. The molecule has 1 heterocycles. The van der Waals surface area contributed by atoms with Gasteiger partial charge in [0.05, 0.1) is 12.7 Å². The summed E-state index contributed by atoms with van der Waals surface area (Å²) in [6, 6.07) is 0. The van der Waals surface area contributed by atoms with Crippen LogP contribution >= 0.6 is 0 Å². The summed E-state index contributed by atoms with van der Waals surface area (Å²) in [5, 5.41) is 0. The highest BCUT2D eigenvalue weighted by atomic mass is 16.8. The second kappa shape index (κ2) is 4.94. The SMILES string of the molecule is CCCCOC(=O)[C@@H]1OC(C)(C)O[C@@H]1C. The Balaban J connectivity index is 2.40. The van der Waals surface area contributed by atoms with Crippen LogP contribution in [0.15, 0.2) is 0 Å². The lowest BCUT2D eigenvalue weighted by Gasteiger charge is -2.16. The molecule has 1 saturated heterocycles. The number of carbonyl (C=O) groups is 1. The van der Waals surface area contributed by atoms with E-state index in [9.17, 15) is 4.79 Å². The van der Waals surface area contributed by atoms with Crippen molar-refractivity contribution >= 4 is 5.97 Å². The minimum atomic E-state index is -0.687. The molecule has 1 fully saturated rings. The topological polar surface area (TPSA) is 44.8 Å². The standard InChI is InChI=1S/C11H20O4/c1-5-6-7-13-10(12)9-8(2)14-11(3,4)15-9/h8-9H,5-7H2,1-4H3/t8-,9-/m1/s1. The molecule has 0 unspecified atom stereocenters. The van der Waals surface area contributed by atoms with Crippen molar-refractivity contribution in [3.8, 4) is 0 Å². The maximum absolute atomic E-state index is 11.6. The number of esters is 1. The zero-order chi connectivity index (χ0) is 11.5. The predicted molar refractivity (Wildman–Crippen MR) is 55.4 cm³/mol. The summed E-state index contributed by atoms with van der Waals surface area (Å²) >= 11 is 0. The summed E-state index contributed by atoms with van der Waals surface area (Å²) in [6.45, 7) is 7.92. The van der Waals surface area contributed by atoms with Gasteiger partial charge in [-0.1, -0.05) is 13.3 Å². The number of hydrogen-bond acceptors (Lipinski definition) is 4. The third-order valence-electron chi connectivity index (χ3n) is 2.28. The van der Waals surface area contributed by atoms with Crippen molar-refractivity contribution in [3.63, 3.8) is 0 Å². The van der Waals surface area contributed by atoms with Crippen molar-refractivity contribution in [1.82, 2.24) is 0 Å². The van der Waals surface area contributed by atoms with Gasteiger partial charge in [-0.3, -0.25) is 0 Å². The summed E-state index contributed by atoms with van der Waals surface area (Å²) in [7, 11) is 0. The van der Waals surface area contributed by atoms with E-state index in [1.807, 2.05) is 6.92 Å². The van der Waals surface area contributed by atoms with Crippen LogP contribution in [0.4, 0.5) is 0 Å². The number of ether oxygens (including phenoxy) is 3. The fraction of sp³-hybridized carbons (Fsp3) is 0.909. The summed E-state index contributed by atoms with van der Waals surface area (Å²) in [5.41, 5.74) is 0. The first-order chi connectivity index (χ1) is 6.96. The molecule has 2 atom stereocenters. The summed E-state index contributed by atoms with van der Waals surface area (Å²) < 4.78 is 16.0. The molecule has 0 amide bonds. The van der Waals surface area contributed by atoms with E-state index in [1.165, 1.54) is 0 Å². The largest absolute Gasteiger partial charge is 0.464 e. The van der Waals surface area contributed by atoms with E-state index < -0.39 is 11.9 Å². The van der Waals surface area contributed by atoms with Gasteiger partial charge in [0.2, 0.25) is 0 Å². The molecule has 0 aliphatic carbocycles. The van der Waals surface area contributed by atoms with Crippen molar-refractivity contribution in [2.45, 2.75) is 58.5 Å². The second-order valence-corrected chi connectivity index (χ2v) is 4.28. The average Bonchev–Trinajstić information content (AvgIpc) is 2.40. The van der Waals surface area contributed by atoms with Gasteiger partial charge >= 0.3 is 5.97 Å². The molecule has 0 aromatic carbocycles. The highest BCUT2D eigenvalue weighted by Gasteiger charge is 2.43. The first-order valence-corrected chi connectivity index (χ1v) is 5.48. The van der Waals surface area contributed by atoms with Gasteiger partial charge in [0.25, 0.3) is 0 Å². The van der Waals surface area contributed by atoms with Gasteiger partial charge in [-0.15, -0.1) is 0 Å². The Hall–Kier alpha value is -0.610. The summed E-state index contributed by atoms with van der Waals surface area (Å²) in [5.74, 6) is -1.00. The minimum Gasteiger partial charge on any atom is -0.464 e. The maximum atomic E-state index is 11.6. The van der Waals surface area contributed by atoms with Crippen LogP contribution in [0.25, 0.3) is 0 Å². The molecular formula is C11H20O4. The third kappa shape index (κ3) is 3.47. The van der Waals surface area contributed by atoms with Gasteiger partial charge < -0.3 is 14.2 Å². The number of carbonyl (C=O) groups excluding carboxylic acids is 1. The Morgan fingerprint density at radius 3 is 2.53 bits per heavy atom. The zero-order valence-electron chi connectivity index (χ0n) is 9.91. The van der Waals surface area contributed by atoms with Crippen LogP contribution in [0, 0.1) is 0 Å². The fourth-order valence-electron chi connectivity index (χ4n) is 1.58. The number of rotatable bonds is 4. The van der Waals surface area contributed by atoms with Crippen LogP contribution in [0.3, 0.4) is 0 Å². The summed E-state index contributed by atoms with van der Waals surface area (Å²) in [6.07, 6.45) is 1.07. The number of hydrogen-bond donors (Lipinski definition) is 0. The lowest BCUT2D eigenvalue weighted by Crippen LogP contribution is -2.32. The van der Waals surface area contributed by atoms with Gasteiger partial charge in [-0.2, -0.15) is 0 Å². The molecular weight excluding hydrogens is 196 g/mol. The van der Waals surface area contributed by atoms with Crippen LogP contribution in [0.2, 0.25) is 0 Å². The van der Waals surface area contributed by atoms with Crippen LogP contribution in [0.5, 0.6) is 0 Å². The van der Waals surface area contributed by atoms with E-state index in [1.54, 1.807) is 13.8 Å². The van der Waals surface area contributed by atoms with Crippen molar-refractivity contribution in [1.29, 1.82) is 0 Å². The molecule has 88 valence electrons. The second-order valence-electron chi connectivity index (χ2n) is 4.28. The van der Waals surface area contributed by atoms with Gasteiger partial charge in [0.1, 0.15) is 0 Å². The minimum absolute atomic E-state index is 0.242. The van der Waals surface area contributed by atoms with Gasteiger partial charge in [0, 0.05) is 0 Å². The lowest BCUT2D eigenvalue weighted by molar-refractivity contribution is -0.170. The van der Waals surface area contributed by atoms with E-state index >= 15 is 0 Å². The van der Waals surface area contributed by atoms with Crippen LogP contribution in [0.1, 0.15) is 40.5 Å². The zero-order valence-corrected chi connectivity index (χ0v) is 9.91. The molecule has 4 heteroatoms. The van der Waals surface area contributed by atoms with Gasteiger partial charge in [-0.25, -0.2) is 4.79 Å². The molecule has 4 nitrogen and oxygen atoms in total. The Labute approximate surface area is 90.9 Å². The highest BCUT2D eigenvalue weighted by molar-refractivity contribution is 5.75. The Morgan fingerprint density at radius 1 is 1.40 bits per heavy atom. The van der Waals surface area contributed by atoms with Crippen molar-refractivity contribution in [2.24, 2.45) is 0 Å². The first kappa shape index (κ1) is 12.5. The summed E-state index contributed by atoms with van der Waals surface area (Å²) in [4.78, 5) is 11.6. The Bertz CT molecular complexity index is 225. The van der Waals surface area contributed by atoms with Crippen LogP contribution in [-0.4, -0.2) is 30.6 Å². The maximum Gasteiger partial charge on any atom is 0.338 e. The molecule has 0 spiro atoms. The molecule has 0 saturated carbocycles. The normalized spacial score (nSPS) is 29.1. The number of unbranched alkanes of at least 4 members (excludes halogenated alkanes) is 1. The van der Waals surface area contributed by atoms with E-state index in [4.69, 9.17) is 14.2 Å². The molecule has 0 radical (unpaired) electrons. The first-order valence-electron chi connectivity index (χ1n) is 5.48. The van der Waals surface area contributed by atoms with Crippen LogP contribution < -0.4 is 0 Å². The predicted octanol–water partition coefficient (Wildman–Crippen LogP) is 1.87. The van der Waals surface area contributed by atoms with Crippen molar-refractivity contribution in [3.05, 3.63) is 0 Å². The molecule has 1 aliphatic heterocycles. The van der Waals surface area contributed by atoms with Crippen LogP contribution in [-0.2, 0) is 19.0 Å². The molecule has 1 aliphatic rings. The smallest absolute Gasteiger partial charge is 0.338 e. The van der Waals surface area contributed by atoms with Gasteiger partial charge in [0.15, 0.2) is 11.9 Å². The van der Waals surface area contributed by atoms with Crippen molar-refractivity contribution < 1.29 is 19.0 Å². The molecule has 0 aromatic rings. The van der Waals surface area contributed by atoms with E-state index in [0.717, 1.165) is 12.8 Å². The van der Waals surface area contributed by atoms with E-state index in [-0.39, 0.29) is 12.1 Å². The van der Waals surface area contributed by atoms with Crippen molar-refractivity contribution in [2.75, 3.05) is 6.61 Å². The highest BCUT2D eigenvalue weighted by Crippen LogP contribution is 2.28. The third-order valence-corrected chi connectivity index (χ3v) is 2.28. The lowest BCUT2D eigenvalue weighted by atomic mass is 10.2. The molecule has 15 heavy (non-hydrogen) atoms. The molecule has 0 N–H and O–H groups in total. The Kier molecular flexibility index (Phi) is 4.11. The average molecular weight is 216 g/mol. The fourth-order valence-corrected chi connectivity index (χ4v) is 1.58. The molecule has 0 bridgehead atoms. The Morgan fingerprint density at radius 2 is 2.07 bits per heavy atom.